The third-order valence-electron chi connectivity index (χ3n) is 5.90. The van der Waals surface area contributed by atoms with Crippen molar-refractivity contribution in [3.8, 4) is 0 Å². The lowest BCUT2D eigenvalue weighted by molar-refractivity contribution is 1.36. The van der Waals surface area contributed by atoms with E-state index in [-0.39, 0.29) is 7.43 Å². The van der Waals surface area contributed by atoms with Crippen molar-refractivity contribution >= 4 is 65.4 Å². The third kappa shape index (κ3) is 2.30. The van der Waals surface area contributed by atoms with Gasteiger partial charge in [0.2, 0.25) is 0 Å². The molecule has 0 aliphatic carbocycles. The molecule has 3 heterocycles. The van der Waals surface area contributed by atoms with Crippen LogP contribution in [-0.2, 0) is 0 Å². The first kappa shape index (κ1) is 17.7. The van der Waals surface area contributed by atoms with Crippen LogP contribution in [0.2, 0.25) is 0 Å². The molecule has 4 aromatic carbocycles. The van der Waals surface area contributed by atoms with Crippen molar-refractivity contribution in [2.45, 2.75) is 7.43 Å². The molecule has 0 atom stereocenters. The Morgan fingerprint density at radius 2 is 0.710 bits per heavy atom. The number of pyridine rings is 2. The number of fused-ring (bicyclic) bond motifs is 12. The molecule has 0 aliphatic rings. The van der Waals surface area contributed by atoms with Gasteiger partial charge in [-0.3, -0.25) is 9.97 Å². The van der Waals surface area contributed by atoms with E-state index in [1.807, 2.05) is 12.1 Å². The van der Waals surface area contributed by atoms with Crippen molar-refractivity contribution in [2.75, 3.05) is 0 Å². The summed E-state index contributed by atoms with van der Waals surface area (Å²) in [5.74, 6) is 0. The second kappa shape index (κ2) is 6.41. The van der Waals surface area contributed by atoms with Crippen LogP contribution in [0.1, 0.15) is 7.43 Å². The van der Waals surface area contributed by atoms with E-state index in [1.54, 1.807) is 12.4 Å². The minimum absolute atomic E-state index is 0. The Morgan fingerprint density at radius 1 is 0.355 bits per heavy atom. The van der Waals surface area contributed by atoms with Gasteiger partial charge < -0.3 is 0 Å². The smallest absolute Gasteiger partial charge is 0.0996 e. The van der Waals surface area contributed by atoms with Gasteiger partial charge in [0.15, 0.2) is 0 Å². The van der Waals surface area contributed by atoms with Gasteiger partial charge in [-0.05, 0) is 35.0 Å². The molecule has 0 amide bonds. The number of benzene rings is 4. The summed E-state index contributed by atoms with van der Waals surface area (Å²) in [6, 6.07) is 24.9. The molecule has 4 nitrogen and oxygen atoms in total. The van der Waals surface area contributed by atoms with E-state index in [9.17, 15) is 0 Å². The first-order valence-electron chi connectivity index (χ1n) is 9.92. The Morgan fingerprint density at radius 3 is 1.16 bits per heavy atom. The second-order valence-corrected chi connectivity index (χ2v) is 7.51. The van der Waals surface area contributed by atoms with Gasteiger partial charge in [-0.2, -0.15) is 0 Å². The monoisotopic (exact) mass is 398 g/mol. The largest absolute Gasteiger partial charge is 0.254 e. The molecule has 146 valence electrons. The molecule has 0 radical (unpaired) electrons. The standard InChI is InChI=1S/C26H14N4.CH4/c1-3-9-17-15(7-1)16-8-2-4-10-18(16)24-23(17)29-25-19-11-5-13-27-21(19)22-20(26(25)30-24)12-6-14-28-22;/h1-14H;1H4. The number of hydrogen-bond donors (Lipinski definition) is 0. The predicted molar refractivity (Wildman–Crippen MR) is 129 cm³/mol. The fraction of sp³-hybridized carbons (Fsp3) is 0.0370. The number of hydrogen-bond acceptors (Lipinski definition) is 4. The second-order valence-electron chi connectivity index (χ2n) is 7.51. The summed E-state index contributed by atoms with van der Waals surface area (Å²) in [6.07, 6.45) is 3.61. The summed E-state index contributed by atoms with van der Waals surface area (Å²) in [4.78, 5) is 19.7. The Balaban J connectivity index is 0.00000185. The summed E-state index contributed by atoms with van der Waals surface area (Å²) < 4.78 is 0. The van der Waals surface area contributed by atoms with Crippen LogP contribution in [0.15, 0.2) is 85.2 Å². The minimum Gasteiger partial charge on any atom is -0.254 e. The van der Waals surface area contributed by atoms with Crippen LogP contribution in [0.4, 0.5) is 0 Å². The number of nitrogens with zero attached hydrogens (tertiary/aromatic N) is 4. The van der Waals surface area contributed by atoms with Crippen LogP contribution in [-0.4, -0.2) is 19.9 Å². The maximum Gasteiger partial charge on any atom is 0.0996 e. The van der Waals surface area contributed by atoms with Crippen LogP contribution in [0, 0.1) is 0 Å². The van der Waals surface area contributed by atoms with Gasteiger partial charge in [0.1, 0.15) is 0 Å². The molecule has 0 bridgehead atoms. The molecule has 4 heteroatoms. The fourth-order valence-electron chi connectivity index (χ4n) is 4.61. The summed E-state index contributed by atoms with van der Waals surface area (Å²) in [6.45, 7) is 0. The van der Waals surface area contributed by atoms with Crippen molar-refractivity contribution in [3.63, 3.8) is 0 Å². The lowest BCUT2D eigenvalue weighted by Crippen LogP contribution is -1.95. The van der Waals surface area contributed by atoms with Crippen LogP contribution in [0.5, 0.6) is 0 Å². The molecule has 0 fully saturated rings. The zero-order valence-electron chi connectivity index (χ0n) is 15.9. The summed E-state index contributed by atoms with van der Waals surface area (Å²) in [5.41, 5.74) is 5.30. The van der Waals surface area contributed by atoms with Crippen LogP contribution in [0.25, 0.3) is 65.4 Å². The van der Waals surface area contributed by atoms with Gasteiger partial charge in [0.05, 0.1) is 33.1 Å². The minimum atomic E-state index is 0. The maximum atomic E-state index is 5.20. The quantitative estimate of drug-likeness (QED) is 0.208. The van der Waals surface area contributed by atoms with E-state index >= 15 is 0 Å². The normalized spacial score (nSPS) is 11.6. The van der Waals surface area contributed by atoms with Crippen LogP contribution in [0.3, 0.4) is 0 Å². The number of rotatable bonds is 0. The van der Waals surface area contributed by atoms with Crippen molar-refractivity contribution in [1.29, 1.82) is 0 Å². The Bertz CT molecular complexity index is 1540. The van der Waals surface area contributed by atoms with Crippen molar-refractivity contribution < 1.29 is 0 Å². The predicted octanol–water partition coefficient (Wildman–Crippen LogP) is 6.82. The van der Waals surface area contributed by atoms with E-state index in [1.165, 1.54) is 10.8 Å². The molecular weight excluding hydrogens is 380 g/mol. The molecule has 3 aromatic heterocycles. The molecule has 0 saturated heterocycles. The van der Waals surface area contributed by atoms with E-state index in [2.05, 4.69) is 70.6 Å². The van der Waals surface area contributed by atoms with E-state index in [0.29, 0.717) is 0 Å². The van der Waals surface area contributed by atoms with E-state index < -0.39 is 0 Å². The zero-order valence-corrected chi connectivity index (χ0v) is 15.9. The Labute approximate surface area is 178 Å². The fourth-order valence-corrected chi connectivity index (χ4v) is 4.61. The third-order valence-corrected chi connectivity index (χ3v) is 5.90. The zero-order chi connectivity index (χ0) is 19.7. The maximum absolute atomic E-state index is 5.20. The van der Waals surface area contributed by atoms with Gasteiger partial charge in [-0.15, -0.1) is 0 Å². The summed E-state index contributed by atoms with van der Waals surface area (Å²) in [7, 11) is 0. The first-order valence-corrected chi connectivity index (χ1v) is 9.92. The van der Waals surface area contributed by atoms with Gasteiger partial charge >= 0.3 is 0 Å². The molecule has 0 saturated carbocycles. The van der Waals surface area contributed by atoms with Crippen LogP contribution >= 0.6 is 0 Å². The highest BCUT2D eigenvalue weighted by Gasteiger charge is 2.16. The molecule has 0 unspecified atom stereocenters. The van der Waals surface area contributed by atoms with Crippen molar-refractivity contribution in [2.24, 2.45) is 0 Å². The number of aromatic nitrogens is 4. The van der Waals surface area contributed by atoms with Crippen molar-refractivity contribution in [3.05, 3.63) is 85.2 Å². The summed E-state index contributed by atoms with van der Waals surface area (Å²) >= 11 is 0. The average molecular weight is 398 g/mol. The topological polar surface area (TPSA) is 51.6 Å². The molecule has 31 heavy (non-hydrogen) atoms. The molecule has 0 spiro atoms. The lowest BCUT2D eigenvalue weighted by Gasteiger charge is -2.12. The van der Waals surface area contributed by atoms with Gasteiger partial charge in [0.25, 0.3) is 0 Å². The highest BCUT2D eigenvalue weighted by atomic mass is 14.8. The van der Waals surface area contributed by atoms with Gasteiger partial charge in [-0.1, -0.05) is 56.0 Å². The summed E-state index contributed by atoms with van der Waals surface area (Å²) in [5, 5.41) is 6.57. The van der Waals surface area contributed by atoms with Gasteiger partial charge in [-0.25, -0.2) is 9.97 Å². The molecular formula is C27H18N4. The highest BCUT2D eigenvalue weighted by Crippen LogP contribution is 2.37. The van der Waals surface area contributed by atoms with Crippen LogP contribution < -0.4 is 0 Å². The average Bonchev–Trinajstić information content (AvgIpc) is 2.83. The van der Waals surface area contributed by atoms with Crippen molar-refractivity contribution in [1.82, 2.24) is 19.9 Å². The highest BCUT2D eigenvalue weighted by molar-refractivity contribution is 6.27. The Kier molecular flexibility index (Phi) is 3.65. The molecule has 0 N–H and O–H groups in total. The first-order chi connectivity index (χ1) is 14.9. The Hall–Kier alpha value is -4.18. The molecule has 7 rings (SSSR count). The SMILES string of the molecule is C.c1ccc2c(c1)c1ccccc1c1nc3c4cccnc4c4ncccc4c3nc21. The molecule has 7 aromatic rings. The van der Waals surface area contributed by atoms with E-state index in [4.69, 9.17) is 9.97 Å². The molecule has 0 aliphatic heterocycles. The lowest BCUT2D eigenvalue weighted by atomic mass is 9.99. The van der Waals surface area contributed by atoms with E-state index in [0.717, 1.165) is 54.6 Å². The van der Waals surface area contributed by atoms with Gasteiger partial charge in [0, 0.05) is 33.9 Å².